The van der Waals surface area contributed by atoms with Crippen molar-refractivity contribution in [1.82, 2.24) is 4.90 Å². The van der Waals surface area contributed by atoms with Gasteiger partial charge in [-0.3, -0.25) is 9.59 Å². The fourth-order valence-corrected chi connectivity index (χ4v) is 2.01. The molecule has 0 rings (SSSR count). The topological polar surface area (TPSA) is 72.6 Å². The van der Waals surface area contributed by atoms with Gasteiger partial charge in [-0.1, -0.05) is 26.1 Å². The number of carbonyl (C=O) groups excluding carboxylic acids is 2. The van der Waals surface area contributed by atoms with Crippen molar-refractivity contribution in [3.05, 3.63) is 0 Å². The summed E-state index contributed by atoms with van der Waals surface area (Å²) in [6, 6.07) is 0. The zero-order chi connectivity index (χ0) is 14.3. The van der Waals surface area contributed by atoms with Gasteiger partial charge in [-0.15, -0.1) is 0 Å². The Morgan fingerprint density at radius 3 is 2.22 bits per heavy atom. The summed E-state index contributed by atoms with van der Waals surface area (Å²) in [6.45, 7) is 7.93. The maximum Gasteiger partial charge on any atom is 0.325 e. The first kappa shape index (κ1) is 16.8. The van der Waals surface area contributed by atoms with Crippen LogP contribution >= 0.6 is 12.2 Å². The smallest absolute Gasteiger partial charge is 0.325 e. The summed E-state index contributed by atoms with van der Waals surface area (Å²) in [4.78, 5) is 25.2. The van der Waals surface area contributed by atoms with E-state index in [2.05, 4.69) is 0 Å². The molecule has 0 saturated carbocycles. The second kappa shape index (κ2) is 8.02. The fraction of sp³-hybridized carbons (Fsp3) is 0.750. The van der Waals surface area contributed by atoms with Crippen LogP contribution in [0.4, 0.5) is 0 Å². The second-order valence-electron chi connectivity index (χ2n) is 4.28. The molecule has 6 heteroatoms. The lowest BCUT2D eigenvalue weighted by Crippen LogP contribution is -2.45. The Labute approximate surface area is 114 Å². The van der Waals surface area contributed by atoms with E-state index in [9.17, 15) is 9.59 Å². The molecule has 0 saturated heterocycles. The van der Waals surface area contributed by atoms with Crippen LogP contribution in [0.5, 0.6) is 0 Å². The van der Waals surface area contributed by atoms with E-state index in [-0.39, 0.29) is 23.4 Å². The molecule has 5 nitrogen and oxygen atoms in total. The number of rotatable bonds is 7. The van der Waals surface area contributed by atoms with Crippen molar-refractivity contribution in [3.63, 3.8) is 0 Å². The number of nitrogens with two attached hydrogens (primary N) is 1. The van der Waals surface area contributed by atoms with E-state index in [4.69, 9.17) is 22.7 Å². The standard InChI is InChI=1S/C12H22N2O3S/c1-5-14(7-9(15)17-6-2)12(16)10(8(3)4)11(13)18/h8,10H,5-7H2,1-4H3,(H2,13,18). The molecule has 0 fully saturated rings. The lowest BCUT2D eigenvalue weighted by molar-refractivity contribution is -0.149. The molecule has 0 aliphatic carbocycles. The van der Waals surface area contributed by atoms with Gasteiger partial charge in [0.15, 0.2) is 0 Å². The Hall–Kier alpha value is -1.17. The van der Waals surface area contributed by atoms with Gasteiger partial charge in [-0.25, -0.2) is 0 Å². The third-order valence-electron chi connectivity index (χ3n) is 2.56. The molecule has 0 bridgehead atoms. The van der Waals surface area contributed by atoms with Gasteiger partial charge in [-0.2, -0.15) is 0 Å². The summed E-state index contributed by atoms with van der Waals surface area (Å²) in [7, 11) is 0. The van der Waals surface area contributed by atoms with Crippen molar-refractivity contribution in [2.24, 2.45) is 17.6 Å². The van der Waals surface area contributed by atoms with E-state index in [1.807, 2.05) is 13.8 Å². The molecular weight excluding hydrogens is 252 g/mol. The van der Waals surface area contributed by atoms with Crippen molar-refractivity contribution < 1.29 is 14.3 Å². The number of hydrogen-bond donors (Lipinski definition) is 1. The minimum absolute atomic E-state index is 0.00578. The van der Waals surface area contributed by atoms with Gasteiger partial charge in [0, 0.05) is 6.54 Å². The second-order valence-corrected chi connectivity index (χ2v) is 4.75. The Balaban J connectivity index is 4.78. The molecule has 2 N–H and O–H groups in total. The number of ether oxygens (including phenoxy) is 1. The molecule has 0 aromatic rings. The minimum atomic E-state index is -0.533. The van der Waals surface area contributed by atoms with Crippen molar-refractivity contribution in [3.8, 4) is 0 Å². The molecule has 0 aliphatic rings. The largest absolute Gasteiger partial charge is 0.465 e. The van der Waals surface area contributed by atoms with Gasteiger partial charge in [0.05, 0.1) is 17.5 Å². The van der Waals surface area contributed by atoms with Crippen LogP contribution in [0.1, 0.15) is 27.7 Å². The van der Waals surface area contributed by atoms with E-state index < -0.39 is 11.9 Å². The van der Waals surface area contributed by atoms with Crippen LogP contribution in [0, 0.1) is 11.8 Å². The predicted octanol–water partition coefficient (Wildman–Crippen LogP) is 0.956. The van der Waals surface area contributed by atoms with E-state index in [0.717, 1.165) is 0 Å². The molecule has 0 aromatic carbocycles. The quantitative estimate of drug-likeness (QED) is 0.553. The van der Waals surface area contributed by atoms with Crippen LogP contribution in [-0.4, -0.2) is 41.5 Å². The van der Waals surface area contributed by atoms with Crippen LogP contribution < -0.4 is 5.73 Å². The Morgan fingerprint density at radius 1 is 1.33 bits per heavy atom. The average molecular weight is 274 g/mol. The molecule has 104 valence electrons. The highest BCUT2D eigenvalue weighted by molar-refractivity contribution is 7.80. The first-order chi connectivity index (χ1) is 8.34. The fourth-order valence-electron chi connectivity index (χ4n) is 1.64. The van der Waals surface area contributed by atoms with E-state index in [1.54, 1.807) is 13.8 Å². The van der Waals surface area contributed by atoms with Crippen LogP contribution in [0.3, 0.4) is 0 Å². The van der Waals surface area contributed by atoms with Gasteiger partial charge in [0.2, 0.25) is 5.91 Å². The molecule has 0 spiro atoms. The Bertz CT molecular complexity index is 318. The molecule has 0 heterocycles. The lowest BCUT2D eigenvalue weighted by Gasteiger charge is -2.27. The number of likely N-dealkylation sites (N-methyl/N-ethyl adjacent to an activating group) is 1. The molecule has 0 radical (unpaired) electrons. The molecule has 1 atom stereocenters. The summed E-state index contributed by atoms with van der Waals surface area (Å²) < 4.78 is 4.83. The molecule has 1 amide bonds. The molecular formula is C12H22N2O3S. The maximum absolute atomic E-state index is 12.2. The van der Waals surface area contributed by atoms with Crippen molar-refractivity contribution in [2.45, 2.75) is 27.7 Å². The van der Waals surface area contributed by atoms with Crippen molar-refractivity contribution in [2.75, 3.05) is 19.7 Å². The van der Waals surface area contributed by atoms with E-state index >= 15 is 0 Å². The summed E-state index contributed by atoms with van der Waals surface area (Å²) >= 11 is 4.92. The molecule has 1 unspecified atom stereocenters. The van der Waals surface area contributed by atoms with E-state index in [1.165, 1.54) is 4.90 Å². The maximum atomic E-state index is 12.2. The normalized spacial score (nSPS) is 12.1. The number of esters is 1. The van der Waals surface area contributed by atoms with Crippen molar-refractivity contribution in [1.29, 1.82) is 0 Å². The highest BCUT2D eigenvalue weighted by atomic mass is 32.1. The zero-order valence-corrected chi connectivity index (χ0v) is 12.3. The third kappa shape index (κ3) is 5.00. The molecule has 18 heavy (non-hydrogen) atoms. The third-order valence-corrected chi connectivity index (χ3v) is 2.81. The number of carbonyl (C=O) groups is 2. The van der Waals surface area contributed by atoms with Crippen LogP contribution in [-0.2, 0) is 14.3 Å². The predicted molar refractivity (Wildman–Crippen MR) is 74.0 cm³/mol. The summed E-state index contributed by atoms with van der Waals surface area (Å²) in [5.41, 5.74) is 5.59. The van der Waals surface area contributed by atoms with Crippen LogP contribution in [0.2, 0.25) is 0 Å². The monoisotopic (exact) mass is 274 g/mol. The lowest BCUT2D eigenvalue weighted by atomic mass is 9.94. The highest BCUT2D eigenvalue weighted by Gasteiger charge is 2.29. The highest BCUT2D eigenvalue weighted by Crippen LogP contribution is 2.15. The van der Waals surface area contributed by atoms with Gasteiger partial charge in [0.1, 0.15) is 6.54 Å². The van der Waals surface area contributed by atoms with Gasteiger partial charge in [0.25, 0.3) is 0 Å². The van der Waals surface area contributed by atoms with Crippen LogP contribution in [0.15, 0.2) is 0 Å². The Kier molecular flexibility index (Phi) is 7.50. The van der Waals surface area contributed by atoms with E-state index in [0.29, 0.717) is 13.2 Å². The summed E-state index contributed by atoms with van der Waals surface area (Å²) in [6.07, 6.45) is 0. The van der Waals surface area contributed by atoms with Gasteiger partial charge < -0.3 is 15.4 Å². The van der Waals surface area contributed by atoms with Gasteiger partial charge >= 0.3 is 5.97 Å². The first-order valence-electron chi connectivity index (χ1n) is 6.08. The van der Waals surface area contributed by atoms with Crippen LogP contribution in [0.25, 0.3) is 0 Å². The van der Waals surface area contributed by atoms with Gasteiger partial charge in [-0.05, 0) is 19.8 Å². The average Bonchev–Trinajstić information content (AvgIpc) is 2.24. The Morgan fingerprint density at radius 2 is 1.89 bits per heavy atom. The first-order valence-corrected chi connectivity index (χ1v) is 6.49. The minimum Gasteiger partial charge on any atom is -0.465 e. The molecule has 0 aromatic heterocycles. The zero-order valence-electron chi connectivity index (χ0n) is 11.4. The van der Waals surface area contributed by atoms with Crippen molar-refractivity contribution >= 4 is 29.1 Å². The molecule has 0 aliphatic heterocycles. The number of nitrogens with zero attached hydrogens (tertiary/aromatic N) is 1. The summed E-state index contributed by atoms with van der Waals surface area (Å²) in [5, 5.41) is 0. The summed E-state index contributed by atoms with van der Waals surface area (Å²) in [5.74, 6) is -1.16. The number of thiocarbonyl (C=S) groups is 1. The number of hydrogen-bond acceptors (Lipinski definition) is 4. The SMILES string of the molecule is CCOC(=O)CN(CC)C(=O)C(C(N)=S)C(C)C. The number of amides is 1.